The van der Waals surface area contributed by atoms with Crippen molar-refractivity contribution < 1.29 is 8.83 Å². The van der Waals surface area contributed by atoms with Gasteiger partial charge < -0.3 is 13.4 Å². The second-order valence-corrected chi connectivity index (χ2v) is 16.1. The van der Waals surface area contributed by atoms with Crippen molar-refractivity contribution in [1.29, 1.82) is 0 Å². The molecule has 0 aliphatic heterocycles. The van der Waals surface area contributed by atoms with Crippen LogP contribution >= 0.6 is 0 Å². The highest BCUT2D eigenvalue weighted by Gasteiger charge is 2.26. The number of benzene rings is 9. The largest absolute Gasteiger partial charge is 0.455 e. The molecule has 63 heavy (non-hydrogen) atoms. The highest BCUT2D eigenvalue weighted by atomic mass is 16.3. The summed E-state index contributed by atoms with van der Waals surface area (Å²) in [5.74, 6) is 0.652. The second kappa shape index (κ2) is 14.0. The summed E-state index contributed by atoms with van der Waals surface area (Å²) in [4.78, 5) is 10.6. The van der Waals surface area contributed by atoms with Crippen LogP contribution in [-0.4, -0.2) is 14.5 Å². The SMILES string of the molecule is c1ccc(-c2cc(-c3ccccc3)nc(-c3cc(-c4ccccc4)c(-n4c5ccccc5c5c6oc7ccc8c9ccccc9oc8c7c6ccc54)c(-c4ccccc4)c3)n2)cc1. The van der Waals surface area contributed by atoms with Gasteiger partial charge in [-0.2, -0.15) is 0 Å². The van der Waals surface area contributed by atoms with E-state index in [0.717, 1.165) is 122 Å². The zero-order valence-electron chi connectivity index (χ0n) is 33.9. The van der Waals surface area contributed by atoms with E-state index in [2.05, 4.69) is 193 Å². The minimum atomic E-state index is 0.652. The molecule has 5 heteroatoms. The number of hydrogen-bond donors (Lipinski definition) is 0. The highest BCUT2D eigenvalue weighted by molar-refractivity contribution is 6.29. The fourth-order valence-electron chi connectivity index (χ4n) is 9.56. The van der Waals surface area contributed by atoms with Crippen LogP contribution < -0.4 is 0 Å². The summed E-state index contributed by atoms with van der Waals surface area (Å²) in [6, 6.07) is 74.3. The van der Waals surface area contributed by atoms with Gasteiger partial charge in [0, 0.05) is 49.4 Å². The monoisotopic (exact) mass is 805 g/mol. The maximum atomic E-state index is 6.94. The molecule has 13 aromatic rings. The molecule has 0 bridgehead atoms. The maximum Gasteiger partial charge on any atom is 0.160 e. The molecule has 0 radical (unpaired) electrons. The summed E-state index contributed by atoms with van der Waals surface area (Å²) in [5, 5.41) is 6.35. The molecule has 0 unspecified atom stereocenters. The van der Waals surface area contributed by atoms with Gasteiger partial charge in [0.05, 0.1) is 38.9 Å². The maximum absolute atomic E-state index is 6.94. The van der Waals surface area contributed by atoms with Gasteiger partial charge in [-0.25, -0.2) is 9.97 Å². The predicted octanol–water partition coefficient (Wildman–Crippen LogP) is 15.7. The van der Waals surface area contributed by atoms with Crippen LogP contribution in [0.1, 0.15) is 0 Å². The minimum Gasteiger partial charge on any atom is -0.455 e. The van der Waals surface area contributed by atoms with Gasteiger partial charge in [0.15, 0.2) is 5.82 Å². The Labute approximate surface area is 361 Å². The van der Waals surface area contributed by atoms with Crippen LogP contribution in [0.5, 0.6) is 0 Å². The van der Waals surface area contributed by atoms with E-state index in [4.69, 9.17) is 18.8 Å². The van der Waals surface area contributed by atoms with Gasteiger partial charge in [-0.15, -0.1) is 0 Å². The molecule has 4 aromatic heterocycles. The van der Waals surface area contributed by atoms with Crippen LogP contribution in [-0.2, 0) is 0 Å². The van der Waals surface area contributed by atoms with Crippen molar-refractivity contribution in [2.75, 3.05) is 0 Å². The van der Waals surface area contributed by atoms with E-state index in [-0.39, 0.29) is 0 Å². The first-order chi connectivity index (χ1) is 31.2. The number of furan rings is 2. The van der Waals surface area contributed by atoms with Gasteiger partial charge >= 0.3 is 0 Å². The van der Waals surface area contributed by atoms with E-state index in [1.807, 2.05) is 24.3 Å². The number of fused-ring (bicyclic) bond motifs is 11. The van der Waals surface area contributed by atoms with Crippen LogP contribution in [0.4, 0.5) is 0 Å². The van der Waals surface area contributed by atoms with Crippen molar-refractivity contribution >= 4 is 65.7 Å². The Morgan fingerprint density at radius 1 is 0.333 bits per heavy atom. The first kappa shape index (κ1) is 35.2. The topological polar surface area (TPSA) is 57.0 Å². The third-order valence-corrected chi connectivity index (χ3v) is 12.4. The standard InChI is InChI=1S/C58H35N3O2/c1-5-17-36(18-6-1)45-33-40(58-59-47(38-21-9-3-10-22-38)35-48(60-58)39-23-11-4-12-24-39)34-46(37-19-7-2-8-20-37)55(45)61-49-27-15-13-26-43(49)53-50(61)31-29-44-54-52(63-57(44)53)32-30-42-41-25-14-16-28-51(41)62-56(42)54/h1-35H. The van der Waals surface area contributed by atoms with Gasteiger partial charge in [-0.1, -0.05) is 158 Å². The molecule has 0 aliphatic carbocycles. The Hall–Kier alpha value is -8.54. The summed E-state index contributed by atoms with van der Waals surface area (Å²) < 4.78 is 15.9. The average molecular weight is 806 g/mol. The molecule has 9 aromatic carbocycles. The van der Waals surface area contributed by atoms with Gasteiger partial charge in [-0.3, -0.25) is 0 Å². The van der Waals surface area contributed by atoms with Crippen LogP contribution in [0.2, 0.25) is 0 Å². The average Bonchev–Trinajstić information content (AvgIpc) is 4.04. The van der Waals surface area contributed by atoms with Crippen molar-refractivity contribution in [2.45, 2.75) is 0 Å². The Bertz CT molecular complexity index is 3770. The van der Waals surface area contributed by atoms with Crippen LogP contribution in [0.15, 0.2) is 221 Å². The number of nitrogens with zero attached hydrogens (tertiary/aromatic N) is 3. The van der Waals surface area contributed by atoms with Crippen molar-refractivity contribution in [3.8, 4) is 61.8 Å². The molecule has 4 heterocycles. The van der Waals surface area contributed by atoms with Crippen LogP contribution in [0, 0.1) is 0 Å². The molecule has 0 saturated heterocycles. The molecule has 13 rings (SSSR count). The lowest BCUT2D eigenvalue weighted by Crippen LogP contribution is -2.03. The summed E-state index contributed by atoms with van der Waals surface area (Å²) in [5.41, 5.74) is 15.5. The second-order valence-electron chi connectivity index (χ2n) is 16.1. The fourth-order valence-corrected chi connectivity index (χ4v) is 9.56. The van der Waals surface area contributed by atoms with Gasteiger partial charge in [0.25, 0.3) is 0 Å². The summed E-state index contributed by atoms with van der Waals surface area (Å²) in [6.45, 7) is 0. The molecule has 0 amide bonds. The predicted molar refractivity (Wildman–Crippen MR) is 258 cm³/mol. The van der Waals surface area contributed by atoms with Gasteiger partial charge in [0.2, 0.25) is 0 Å². The molecular weight excluding hydrogens is 771 g/mol. The molecule has 0 aliphatic rings. The Morgan fingerprint density at radius 2 is 0.841 bits per heavy atom. The molecule has 0 spiro atoms. The fraction of sp³-hybridized carbons (Fsp3) is 0. The molecule has 0 N–H and O–H groups in total. The van der Waals surface area contributed by atoms with Crippen LogP contribution in [0.3, 0.4) is 0 Å². The Morgan fingerprint density at radius 3 is 1.48 bits per heavy atom. The molecule has 0 saturated carbocycles. The summed E-state index contributed by atoms with van der Waals surface area (Å²) in [6.07, 6.45) is 0. The number of rotatable bonds is 6. The van der Waals surface area contributed by atoms with Crippen molar-refractivity contribution in [3.63, 3.8) is 0 Å². The number of para-hydroxylation sites is 2. The van der Waals surface area contributed by atoms with E-state index >= 15 is 0 Å². The first-order valence-electron chi connectivity index (χ1n) is 21.2. The lowest BCUT2D eigenvalue weighted by molar-refractivity contribution is 0.665. The Kier molecular flexibility index (Phi) is 7.84. The van der Waals surface area contributed by atoms with Gasteiger partial charge in [0.1, 0.15) is 22.3 Å². The van der Waals surface area contributed by atoms with Crippen molar-refractivity contribution in [1.82, 2.24) is 14.5 Å². The lowest BCUT2D eigenvalue weighted by atomic mass is 9.92. The van der Waals surface area contributed by atoms with Gasteiger partial charge in [-0.05, 0) is 65.7 Å². The molecule has 5 nitrogen and oxygen atoms in total. The molecule has 0 fully saturated rings. The quantitative estimate of drug-likeness (QED) is 0.168. The van der Waals surface area contributed by atoms with E-state index in [1.165, 1.54) is 0 Å². The first-order valence-corrected chi connectivity index (χ1v) is 21.2. The number of aromatic nitrogens is 3. The van der Waals surface area contributed by atoms with E-state index in [0.29, 0.717) is 5.82 Å². The summed E-state index contributed by atoms with van der Waals surface area (Å²) >= 11 is 0. The van der Waals surface area contributed by atoms with Crippen molar-refractivity contribution in [2.24, 2.45) is 0 Å². The zero-order chi connectivity index (χ0) is 41.4. The zero-order valence-corrected chi connectivity index (χ0v) is 33.9. The minimum absolute atomic E-state index is 0.652. The summed E-state index contributed by atoms with van der Waals surface area (Å²) in [7, 11) is 0. The smallest absolute Gasteiger partial charge is 0.160 e. The van der Waals surface area contributed by atoms with E-state index in [9.17, 15) is 0 Å². The van der Waals surface area contributed by atoms with Crippen molar-refractivity contribution in [3.05, 3.63) is 212 Å². The lowest BCUT2D eigenvalue weighted by Gasteiger charge is -2.21. The third kappa shape index (κ3) is 5.57. The Balaban J connectivity index is 1.13. The molecular formula is C58H35N3O2. The van der Waals surface area contributed by atoms with E-state index < -0.39 is 0 Å². The molecule has 294 valence electrons. The third-order valence-electron chi connectivity index (χ3n) is 12.4. The highest BCUT2D eigenvalue weighted by Crippen LogP contribution is 2.47. The molecule has 0 atom stereocenters. The van der Waals surface area contributed by atoms with E-state index in [1.54, 1.807) is 0 Å². The normalized spacial score (nSPS) is 11.8. The van der Waals surface area contributed by atoms with Crippen LogP contribution in [0.25, 0.3) is 128 Å². The number of hydrogen-bond acceptors (Lipinski definition) is 4.